The monoisotopic (exact) mass is 284 g/mol. The summed E-state index contributed by atoms with van der Waals surface area (Å²) in [5.74, 6) is -0.693. The number of likely N-dealkylation sites (tertiary alicyclic amines) is 1. The van der Waals surface area contributed by atoms with E-state index in [0.29, 0.717) is 6.54 Å². The van der Waals surface area contributed by atoms with Gasteiger partial charge in [0.25, 0.3) is 0 Å². The second-order valence-corrected chi connectivity index (χ2v) is 6.36. The molecule has 1 fully saturated rings. The van der Waals surface area contributed by atoms with Gasteiger partial charge in [-0.1, -0.05) is 6.92 Å². The van der Waals surface area contributed by atoms with Gasteiger partial charge in [-0.25, -0.2) is 0 Å². The fourth-order valence-electron chi connectivity index (χ4n) is 3.28. The first kappa shape index (κ1) is 17.0. The first-order valence-corrected chi connectivity index (χ1v) is 7.53. The molecule has 0 bridgehead atoms. The molecule has 2 atom stereocenters. The van der Waals surface area contributed by atoms with Crippen LogP contribution in [0.15, 0.2) is 0 Å². The molecule has 1 amide bonds. The molecule has 0 aromatic rings. The molecule has 1 heterocycles. The highest BCUT2D eigenvalue weighted by Gasteiger charge is 2.36. The molecule has 1 aliphatic heterocycles. The SMILES string of the molecule is CC1CCCN(CC(=O)N(C(C)C)C(C)C)C1C(=O)O. The number of carboxylic acids is 1. The van der Waals surface area contributed by atoms with E-state index in [0.717, 1.165) is 12.8 Å². The van der Waals surface area contributed by atoms with Crippen molar-refractivity contribution in [3.8, 4) is 0 Å². The van der Waals surface area contributed by atoms with Crippen molar-refractivity contribution in [3.63, 3.8) is 0 Å². The number of piperidine rings is 1. The van der Waals surface area contributed by atoms with E-state index in [4.69, 9.17) is 0 Å². The molecule has 1 N–H and O–H groups in total. The van der Waals surface area contributed by atoms with E-state index in [1.54, 1.807) is 0 Å². The normalized spacial score (nSPS) is 24.1. The number of amides is 1. The zero-order valence-electron chi connectivity index (χ0n) is 13.3. The summed E-state index contributed by atoms with van der Waals surface area (Å²) in [5, 5.41) is 9.38. The standard InChI is InChI=1S/C15H28N2O3/c1-10(2)17(11(3)4)13(18)9-16-8-6-7-12(5)14(16)15(19)20/h10-12,14H,6-9H2,1-5H3,(H,19,20). The van der Waals surface area contributed by atoms with Crippen molar-refractivity contribution in [2.45, 2.75) is 65.6 Å². The second kappa shape index (κ2) is 7.07. The third-order valence-electron chi connectivity index (χ3n) is 4.03. The molecule has 5 nitrogen and oxygen atoms in total. The molecule has 0 spiro atoms. The predicted molar refractivity (Wildman–Crippen MR) is 78.5 cm³/mol. The molecule has 0 aromatic heterocycles. The average Bonchev–Trinajstić information content (AvgIpc) is 2.26. The van der Waals surface area contributed by atoms with Gasteiger partial charge in [0.05, 0.1) is 6.54 Å². The fraction of sp³-hybridized carbons (Fsp3) is 0.867. The Kier molecular flexibility index (Phi) is 5.99. The van der Waals surface area contributed by atoms with Crippen molar-refractivity contribution < 1.29 is 14.7 Å². The highest BCUT2D eigenvalue weighted by Crippen LogP contribution is 2.23. The van der Waals surface area contributed by atoms with Gasteiger partial charge in [-0.2, -0.15) is 0 Å². The van der Waals surface area contributed by atoms with Crippen molar-refractivity contribution in [1.29, 1.82) is 0 Å². The number of nitrogens with zero attached hydrogens (tertiary/aromatic N) is 2. The Balaban J connectivity index is 2.78. The second-order valence-electron chi connectivity index (χ2n) is 6.36. The van der Waals surface area contributed by atoms with Gasteiger partial charge in [0.15, 0.2) is 0 Å². The van der Waals surface area contributed by atoms with Crippen molar-refractivity contribution in [2.24, 2.45) is 5.92 Å². The highest BCUT2D eigenvalue weighted by molar-refractivity contribution is 5.80. The Morgan fingerprint density at radius 2 is 1.80 bits per heavy atom. The number of carboxylic acid groups (broad SMARTS) is 1. The maximum Gasteiger partial charge on any atom is 0.321 e. The van der Waals surface area contributed by atoms with Crippen LogP contribution in [0.25, 0.3) is 0 Å². The Bertz CT molecular complexity index is 347. The number of hydrogen-bond donors (Lipinski definition) is 1. The van der Waals surface area contributed by atoms with E-state index >= 15 is 0 Å². The molecule has 5 heteroatoms. The molecule has 0 aromatic carbocycles. The van der Waals surface area contributed by atoms with Crippen LogP contribution in [0.1, 0.15) is 47.5 Å². The molecular weight excluding hydrogens is 256 g/mol. The van der Waals surface area contributed by atoms with Gasteiger partial charge >= 0.3 is 5.97 Å². The van der Waals surface area contributed by atoms with Gasteiger partial charge in [0.2, 0.25) is 5.91 Å². The topological polar surface area (TPSA) is 60.9 Å². The van der Waals surface area contributed by atoms with Gasteiger partial charge in [0, 0.05) is 12.1 Å². The summed E-state index contributed by atoms with van der Waals surface area (Å²) in [7, 11) is 0. The van der Waals surface area contributed by atoms with Gasteiger partial charge in [-0.05, 0) is 53.0 Å². The van der Waals surface area contributed by atoms with Crippen molar-refractivity contribution >= 4 is 11.9 Å². The van der Waals surface area contributed by atoms with Crippen molar-refractivity contribution in [3.05, 3.63) is 0 Å². The number of carbonyl (C=O) groups is 2. The van der Waals surface area contributed by atoms with Crippen LogP contribution in [0.2, 0.25) is 0 Å². The third-order valence-corrected chi connectivity index (χ3v) is 4.03. The number of hydrogen-bond acceptors (Lipinski definition) is 3. The quantitative estimate of drug-likeness (QED) is 0.836. The summed E-state index contributed by atoms with van der Waals surface area (Å²) in [4.78, 5) is 27.5. The predicted octanol–water partition coefficient (Wildman–Crippen LogP) is 1.82. The molecule has 2 unspecified atom stereocenters. The Labute approximate surface area is 121 Å². The van der Waals surface area contributed by atoms with Crippen LogP contribution >= 0.6 is 0 Å². The van der Waals surface area contributed by atoms with E-state index in [1.807, 2.05) is 44.4 Å². The Morgan fingerprint density at radius 3 is 2.25 bits per heavy atom. The lowest BCUT2D eigenvalue weighted by molar-refractivity contribution is -0.149. The maximum absolute atomic E-state index is 12.5. The largest absolute Gasteiger partial charge is 0.480 e. The van der Waals surface area contributed by atoms with Gasteiger partial charge in [-0.3, -0.25) is 14.5 Å². The van der Waals surface area contributed by atoms with Gasteiger partial charge in [-0.15, -0.1) is 0 Å². The summed E-state index contributed by atoms with van der Waals surface area (Å²) in [5.41, 5.74) is 0. The maximum atomic E-state index is 12.5. The van der Waals surface area contributed by atoms with Crippen molar-refractivity contribution in [2.75, 3.05) is 13.1 Å². The summed E-state index contributed by atoms with van der Waals surface area (Å²) >= 11 is 0. The summed E-state index contributed by atoms with van der Waals surface area (Å²) in [6, 6.07) is -0.269. The molecule has 0 aliphatic carbocycles. The summed E-state index contributed by atoms with van der Waals surface area (Å²) < 4.78 is 0. The molecule has 20 heavy (non-hydrogen) atoms. The van der Waals surface area contributed by atoms with Crippen LogP contribution < -0.4 is 0 Å². The van der Waals surface area contributed by atoms with Crippen LogP contribution in [0, 0.1) is 5.92 Å². The van der Waals surface area contributed by atoms with Crippen LogP contribution in [-0.2, 0) is 9.59 Å². The molecule has 1 aliphatic rings. The lowest BCUT2D eigenvalue weighted by Crippen LogP contribution is -2.54. The molecule has 0 saturated carbocycles. The fourth-order valence-corrected chi connectivity index (χ4v) is 3.28. The van der Waals surface area contributed by atoms with Gasteiger partial charge in [0.1, 0.15) is 6.04 Å². The minimum absolute atomic E-state index is 0.0235. The van der Waals surface area contributed by atoms with Crippen LogP contribution in [0.4, 0.5) is 0 Å². The Morgan fingerprint density at radius 1 is 1.25 bits per heavy atom. The van der Waals surface area contributed by atoms with Crippen molar-refractivity contribution in [1.82, 2.24) is 9.80 Å². The van der Waals surface area contributed by atoms with E-state index in [-0.39, 0.29) is 30.5 Å². The van der Waals surface area contributed by atoms with Gasteiger partial charge < -0.3 is 10.0 Å². The smallest absolute Gasteiger partial charge is 0.321 e. The summed E-state index contributed by atoms with van der Waals surface area (Å²) in [6.45, 7) is 10.8. The first-order chi connectivity index (χ1) is 9.25. The molecule has 1 rings (SSSR count). The minimum atomic E-state index is -0.814. The lowest BCUT2D eigenvalue weighted by Gasteiger charge is -2.39. The van der Waals surface area contributed by atoms with E-state index < -0.39 is 12.0 Å². The number of rotatable bonds is 5. The highest BCUT2D eigenvalue weighted by atomic mass is 16.4. The summed E-state index contributed by atoms with van der Waals surface area (Å²) in [6.07, 6.45) is 1.88. The van der Waals surface area contributed by atoms with E-state index in [9.17, 15) is 14.7 Å². The van der Waals surface area contributed by atoms with Crippen LogP contribution in [0.5, 0.6) is 0 Å². The number of carbonyl (C=O) groups excluding carboxylic acids is 1. The molecule has 0 radical (unpaired) electrons. The third kappa shape index (κ3) is 3.95. The van der Waals surface area contributed by atoms with Crippen LogP contribution in [0.3, 0.4) is 0 Å². The molecule has 1 saturated heterocycles. The van der Waals surface area contributed by atoms with E-state index in [2.05, 4.69) is 0 Å². The lowest BCUT2D eigenvalue weighted by atomic mass is 9.91. The molecule has 116 valence electrons. The molecular formula is C15H28N2O3. The Hall–Kier alpha value is -1.10. The van der Waals surface area contributed by atoms with Crippen LogP contribution in [-0.4, -0.2) is 58.0 Å². The zero-order valence-corrected chi connectivity index (χ0v) is 13.3. The number of aliphatic carboxylic acids is 1. The average molecular weight is 284 g/mol. The first-order valence-electron chi connectivity index (χ1n) is 7.53. The zero-order chi connectivity index (χ0) is 15.4. The minimum Gasteiger partial charge on any atom is -0.480 e. The van der Waals surface area contributed by atoms with E-state index in [1.165, 1.54) is 0 Å².